The minimum Gasteiger partial charge on any atom is -0.493 e. The number of imidazole rings is 1. The number of ether oxygens (including phenoxy) is 1. The van der Waals surface area contributed by atoms with Crippen molar-refractivity contribution in [3.63, 3.8) is 0 Å². The molecule has 2 aromatic heterocycles. The highest BCUT2D eigenvalue weighted by atomic mass is 19.4. The number of carbonyl (C=O) groups excluding carboxylic acids is 1. The number of nitriles is 1. The third-order valence-electron chi connectivity index (χ3n) is 6.40. The predicted molar refractivity (Wildman–Crippen MR) is 141 cm³/mol. The quantitative estimate of drug-likeness (QED) is 0.438. The van der Waals surface area contributed by atoms with Gasteiger partial charge in [0.05, 0.1) is 37.5 Å². The molecule has 40 heavy (non-hydrogen) atoms. The van der Waals surface area contributed by atoms with E-state index in [9.17, 15) is 28.0 Å². The smallest absolute Gasteiger partial charge is 0.471 e. The van der Waals surface area contributed by atoms with Gasteiger partial charge in [-0.2, -0.15) is 23.5 Å². The third kappa shape index (κ3) is 5.58. The topological polar surface area (TPSA) is 121 Å². The average Bonchev–Trinajstić information content (AvgIpc) is 3.32. The number of hydrogen-bond acceptors (Lipinski definition) is 8. The molecule has 14 heteroatoms. The highest BCUT2D eigenvalue weighted by Gasteiger charge is 2.42. The van der Waals surface area contributed by atoms with Crippen LogP contribution in [0.25, 0.3) is 11.0 Å². The van der Waals surface area contributed by atoms with Crippen molar-refractivity contribution >= 4 is 28.6 Å². The van der Waals surface area contributed by atoms with Crippen LogP contribution in [0.2, 0.25) is 0 Å². The molecule has 0 saturated carbocycles. The number of alkyl halides is 3. The number of piperazine rings is 1. The van der Waals surface area contributed by atoms with Gasteiger partial charge in [-0.05, 0) is 19.9 Å². The maximum atomic E-state index is 13.7. The second-order valence-corrected chi connectivity index (χ2v) is 8.88. The van der Waals surface area contributed by atoms with Gasteiger partial charge in [0.1, 0.15) is 16.8 Å². The van der Waals surface area contributed by atoms with Crippen molar-refractivity contribution in [3.8, 4) is 23.7 Å². The van der Waals surface area contributed by atoms with Crippen LogP contribution in [0, 0.1) is 23.2 Å². The maximum absolute atomic E-state index is 13.7. The van der Waals surface area contributed by atoms with E-state index in [4.69, 9.17) is 4.74 Å². The van der Waals surface area contributed by atoms with Crippen LogP contribution in [0.1, 0.15) is 25.0 Å². The van der Waals surface area contributed by atoms with Gasteiger partial charge in [-0.25, -0.2) is 9.67 Å². The van der Waals surface area contributed by atoms with Crippen molar-refractivity contribution in [2.75, 3.05) is 49.6 Å². The highest BCUT2D eigenvalue weighted by molar-refractivity contribution is 5.97. The Kier molecular flexibility index (Phi) is 8.30. The van der Waals surface area contributed by atoms with Gasteiger partial charge >= 0.3 is 12.1 Å². The Morgan fingerprint density at radius 2 is 2.00 bits per heavy atom. The van der Waals surface area contributed by atoms with Crippen molar-refractivity contribution in [2.24, 2.45) is 0 Å². The Balaban J connectivity index is 1.81. The summed E-state index contributed by atoms with van der Waals surface area (Å²) in [5.74, 6) is 4.38. The first kappa shape index (κ1) is 28.4. The molecule has 3 heterocycles. The first-order valence-electron chi connectivity index (χ1n) is 12.5. The second-order valence-electron chi connectivity index (χ2n) is 8.88. The second kappa shape index (κ2) is 11.7. The van der Waals surface area contributed by atoms with E-state index in [-0.39, 0.29) is 47.8 Å². The van der Waals surface area contributed by atoms with E-state index in [1.807, 2.05) is 6.07 Å². The number of fused-ring (bicyclic) bond motifs is 1. The van der Waals surface area contributed by atoms with Gasteiger partial charge in [0, 0.05) is 50.5 Å². The number of nitrogens with zero attached hydrogens (tertiary/aromatic N) is 7. The van der Waals surface area contributed by atoms with Gasteiger partial charge in [-0.1, -0.05) is 5.92 Å². The molecule has 1 fully saturated rings. The van der Waals surface area contributed by atoms with Crippen LogP contribution in [0.4, 0.5) is 24.8 Å². The lowest BCUT2D eigenvalue weighted by atomic mass is 10.1. The summed E-state index contributed by atoms with van der Waals surface area (Å²) in [6.07, 6.45) is -3.65. The zero-order chi connectivity index (χ0) is 29.0. The zero-order valence-electron chi connectivity index (χ0n) is 22.2. The van der Waals surface area contributed by atoms with Gasteiger partial charge in [-0.15, -0.1) is 5.92 Å². The largest absolute Gasteiger partial charge is 0.493 e. The third-order valence-corrected chi connectivity index (χ3v) is 6.40. The first-order valence-corrected chi connectivity index (χ1v) is 12.5. The number of aromatic nitrogens is 4. The zero-order valence-corrected chi connectivity index (χ0v) is 22.2. The van der Waals surface area contributed by atoms with Crippen molar-refractivity contribution in [2.45, 2.75) is 33.1 Å². The van der Waals surface area contributed by atoms with E-state index in [0.717, 1.165) is 30.9 Å². The number of hydrogen-bond donors (Lipinski definition) is 1. The molecule has 4 rings (SSSR count). The molecule has 1 N–H and O–H groups in total. The first-order chi connectivity index (χ1) is 19.1. The van der Waals surface area contributed by atoms with Crippen molar-refractivity contribution in [1.82, 2.24) is 24.6 Å². The molecule has 1 amide bonds. The van der Waals surface area contributed by atoms with Gasteiger partial charge in [0.15, 0.2) is 0 Å². The molecule has 1 aliphatic rings. The van der Waals surface area contributed by atoms with Crippen LogP contribution in [0.3, 0.4) is 0 Å². The Hall–Kier alpha value is -4.56. The standard InChI is InChI=1S/C26H27F3N8O3/c1-4-6-9-36-22-20(33-25(36)35-10-7-31-8-11-35)15-32-37(23(22)38)16-19-17(14-30)12-18(13-21(19)40-5-2)34(3)24(39)26(27,28)29/h12-13,15,31H,5,7-11,16H2,1-3H3. The average molecular weight is 557 g/mol. The summed E-state index contributed by atoms with van der Waals surface area (Å²) in [6.45, 7) is 6.43. The summed E-state index contributed by atoms with van der Waals surface area (Å²) >= 11 is 0. The predicted octanol–water partition coefficient (Wildman–Crippen LogP) is 1.87. The molecule has 0 spiro atoms. The Labute approximate surface area is 227 Å². The van der Waals surface area contributed by atoms with Crippen molar-refractivity contribution in [3.05, 3.63) is 39.8 Å². The fraction of sp³-hybridized carbons (Fsp3) is 0.423. The summed E-state index contributed by atoms with van der Waals surface area (Å²) in [5.41, 5.74) is 0.179. The SMILES string of the molecule is CC#CCn1c(N2CCNCC2)nc2cnn(Cc3c(C#N)cc(N(C)C(=O)C(F)(F)F)cc3OCC)c(=O)c21. The van der Waals surface area contributed by atoms with Crippen molar-refractivity contribution < 1.29 is 22.7 Å². The Morgan fingerprint density at radius 3 is 2.62 bits per heavy atom. The summed E-state index contributed by atoms with van der Waals surface area (Å²) in [5, 5.41) is 17.4. The van der Waals surface area contributed by atoms with Gasteiger partial charge in [0.25, 0.3) is 5.56 Å². The van der Waals surface area contributed by atoms with Crippen molar-refractivity contribution in [1.29, 1.82) is 5.26 Å². The molecule has 0 unspecified atom stereocenters. The van der Waals surface area contributed by atoms with Crippen LogP contribution < -0.4 is 25.4 Å². The van der Waals surface area contributed by atoms with E-state index < -0.39 is 17.6 Å². The highest BCUT2D eigenvalue weighted by Crippen LogP contribution is 2.32. The molecule has 1 aromatic carbocycles. The fourth-order valence-corrected chi connectivity index (χ4v) is 4.43. The number of amides is 1. The fourth-order valence-electron chi connectivity index (χ4n) is 4.43. The molecule has 0 radical (unpaired) electrons. The minimum atomic E-state index is -5.10. The molecular formula is C26H27F3N8O3. The number of nitrogens with one attached hydrogen (secondary N) is 1. The summed E-state index contributed by atoms with van der Waals surface area (Å²) < 4.78 is 47.6. The van der Waals surface area contributed by atoms with E-state index in [1.165, 1.54) is 12.3 Å². The lowest BCUT2D eigenvalue weighted by Crippen LogP contribution is -2.44. The Bertz CT molecular complexity index is 1590. The van der Waals surface area contributed by atoms with Crippen LogP contribution >= 0.6 is 0 Å². The molecule has 1 aliphatic heterocycles. The molecule has 1 saturated heterocycles. The molecule has 11 nitrogen and oxygen atoms in total. The summed E-state index contributed by atoms with van der Waals surface area (Å²) in [7, 11) is 0.956. The maximum Gasteiger partial charge on any atom is 0.471 e. The van der Waals surface area contributed by atoms with Gasteiger partial charge in [0.2, 0.25) is 5.95 Å². The van der Waals surface area contributed by atoms with E-state index in [2.05, 4.69) is 32.1 Å². The molecule has 3 aromatic rings. The summed E-state index contributed by atoms with van der Waals surface area (Å²) in [6, 6.07) is 4.32. The molecule has 0 bridgehead atoms. The number of carbonyl (C=O) groups is 1. The molecular weight excluding hydrogens is 529 g/mol. The van der Waals surface area contributed by atoms with Crippen LogP contribution in [0.15, 0.2) is 23.1 Å². The van der Waals surface area contributed by atoms with Crippen LogP contribution in [-0.2, 0) is 17.9 Å². The van der Waals surface area contributed by atoms with E-state index in [0.29, 0.717) is 29.5 Å². The number of benzene rings is 1. The normalized spacial score (nSPS) is 13.5. The lowest BCUT2D eigenvalue weighted by Gasteiger charge is -2.28. The van der Waals surface area contributed by atoms with Gasteiger partial charge in [-0.3, -0.25) is 14.2 Å². The number of rotatable bonds is 7. The van der Waals surface area contributed by atoms with Crippen LogP contribution in [0.5, 0.6) is 5.75 Å². The molecule has 0 aliphatic carbocycles. The monoisotopic (exact) mass is 556 g/mol. The minimum absolute atomic E-state index is 0.0547. The van der Waals surface area contributed by atoms with E-state index in [1.54, 1.807) is 18.4 Å². The molecule has 0 atom stereocenters. The van der Waals surface area contributed by atoms with Gasteiger partial charge < -0.3 is 19.9 Å². The molecule has 210 valence electrons. The lowest BCUT2D eigenvalue weighted by molar-refractivity contribution is -0.170. The Morgan fingerprint density at radius 1 is 1.27 bits per heavy atom. The number of anilines is 2. The summed E-state index contributed by atoms with van der Waals surface area (Å²) in [4.78, 5) is 32.6. The van der Waals surface area contributed by atoms with E-state index >= 15 is 0 Å². The van der Waals surface area contributed by atoms with Crippen LogP contribution in [-0.4, -0.2) is 71.2 Å². The number of halogens is 3.